The number of carbonyl (C=O) groups is 2. The number of hydrogen-bond donors (Lipinski definition) is 2. The van der Waals surface area contributed by atoms with Gasteiger partial charge in [-0.05, 0) is 49.2 Å². The van der Waals surface area contributed by atoms with Crippen LogP contribution in [0.1, 0.15) is 11.1 Å². The van der Waals surface area contributed by atoms with E-state index in [1.165, 1.54) is 11.8 Å². The third kappa shape index (κ3) is 7.53. The second-order valence-electron chi connectivity index (χ2n) is 5.96. The summed E-state index contributed by atoms with van der Waals surface area (Å²) in [6.07, 6.45) is 0.693. The lowest BCUT2D eigenvalue weighted by molar-refractivity contribution is -0.118. The van der Waals surface area contributed by atoms with Crippen molar-refractivity contribution >= 4 is 40.9 Å². The summed E-state index contributed by atoms with van der Waals surface area (Å²) < 4.78 is 5.34. The molecule has 5 nitrogen and oxygen atoms in total. The zero-order chi connectivity index (χ0) is 19.6. The number of hydrogen-bond acceptors (Lipinski definition) is 4. The maximum atomic E-state index is 11.9. The zero-order valence-corrected chi connectivity index (χ0v) is 17.0. The first-order valence-electron chi connectivity index (χ1n) is 8.51. The average Bonchev–Trinajstić information content (AvgIpc) is 2.64. The lowest BCUT2D eigenvalue weighted by Gasteiger charge is -2.10. The van der Waals surface area contributed by atoms with Crippen molar-refractivity contribution in [2.75, 3.05) is 30.5 Å². The van der Waals surface area contributed by atoms with Crippen molar-refractivity contribution in [3.05, 3.63) is 58.6 Å². The van der Waals surface area contributed by atoms with Crippen molar-refractivity contribution in [1.29, 1.82) is 0 Å². The van der Waals surface area contributed by atoms with Crippen LogP contribution in [0.2, 0.25) is 5.02 Å². The molecule has 0 bridgehead atoms. The molecule has 144 valence electrons. The largest absolute Gasteiger partial charge is 0.496 e. The maximum Gasteiger partial charge on any atom is 0.234 e. The molecule has 0 saturated heterocycles. The van der Waals surface area contributed by atoms with Crippen LogP contribution in [0.5, 0.6) is 5.75 Å². The van der Waals surface area contributed by atoms with E-state index in [-0.39, 0.29) is 23.3 Å². The van der Waals surface area contributed by atoms with Crippen molar-refractivity contribution in [3.8, 4) is 5.75 Å². The molecule has 0 aromatic heterocycles. The summed E-state index contributed by atoms with van der Waals surface area (Å²) in [6.45, 7) is 2.55. The van der Waals surface area contributed by atoms with Gasteiger partial charge in [-0.1, -0.05) is 29.3 Å². The highest BCUT2D eigenvalue weighted by Crippen LogP contribution is 2.19. The number of nitrogens with one attached hydrogen (secondary N) is 2. The number of rotatable bonds is 9. The van der Waals surface area contributed by atoms with Crippen molar-refractivity contribution < 1.29 is 14.3 Å². The predicted molar refractivity (Wildman–Crippen MR) is 112 cm³/mol. The van der Waals surface area contributed by atoms with E-state index in [0.717, 1.165) is 16.9 Å². The van der Waals surface area contributed by atoms with E-state index in [2.05, 4.69) is 16.7 Å². The van der Waals surface area contributed by atoms with Crippen LogP contribution in [0.4, 0.5) is 5.69 Å². The molecule has 0 unspecified atom stereocenters. The third-order valence-electron chi connectivity index (χ3n) is 3.75. The fourth-order valence-corrected chi connectivity index (χ4v) is 3.23. The van der Waals surface area contributed by atoms with E-state index in [4.69, 9.17) is 16.3 Å². The molecule has 0 fully saturated rings. The standard InChI is InChI=1S/C20H23ClN2O3S/c1-14-3-8-18(26-2)15(11-14)9-10-22-19(24)12-27-13-20(25)23-17-6-4-16(21)5-7-17/h3-8,11H,9-10,12-13H2,1-2H3,(H,22,24)(H,23,25). The number of carbonyl (C=O) groups excluding carboxylic acids is 2. The second-order valence-corrected chi connectivity index (χ2v) is 7.39. The van der Waals surface area contributed by atoms with Crippen molar-refractivity contribution in [1.82, 2.24) is 5.32 Å². The molecule has 7 heteroatoms. The molecule has 0 aliphatic carbocycles. The van der Waals surface area contributed by atoms with Crippen LogP contribution in [0.3, 0.4) is 0 Å². The highest BCUT2D eigenvalue weighted by atomic mass is 35.5. The number of ether oxygens (including phenoxy) is 1. The van der Waals surface area contributed by atoms with Gasteiger partial charge in [0.2, 0.25) is 11.8 Å². The molecule has 27 heavy (non-hydrogen) atoms. The molecule has 0 aliphatic rings. The topological polar surface area (TPSA) is 67.4 Å². The molecular weight excluding hydrogens is 384 g/mol. The Morgan fingerprint density at radius 3 is 2.48 bits per heavy atom. The van der Waals surface area contributed by atoms with E-state index in [9.17, 15) is 9.59 Å². The molecule has 0 aliphatic heterocycles. The van der Waals surface area contributed by atoms with Gasteiger partial charge < -0.3 is 15.4 Å². The summed E-state index contributed by atoms with van der Waals surface area (Å²) in [5, 5.41) is 6.24. The van der Waals surface area contributed by atoms with Crippen molar-refractivity contribution in [2.24, 2.45) is 0 Å². The van der Waals surface area contributed by atoms with Gasteiger partial charge in [0.15, 0.2) is 0 Å². The summed E-state index contributed by atoms with van der Waals surface area (Å²) in [7, 11) is 1.64. The Bertz CT molecular complexity index is 781. The van der Waals surface area contributed by atoms with Gasteiger partial charge in [0.05, 0.1) is 18.6 Å². The van der Waals surface area contributed by atoms with Gasteiger partial charge in [0, 0.05) is 17.3 Å². The highest BCUT2D eigenvalue weighted by molar-refractivity contribution is 8.00. The molecular formula is C20H23ClN2O3S. The Morgan fingerprint density at radius 2 is 1.78 bits per heavy atom. The van der Waals surface area contributed by atoms with Crippen LogP contribution in [-0.2, 0) is 16.0 Å². The van der Waals surface area contributed by atoms with E-state index >= 15 is 0 Å². The van der Waals surface area contributed by atoms with E-state index in [1.807, 2.05) is 19.1 Å². The summed E-state index contributed by atoms with van der Waals surface area (Å²) in [4.78, 5) is 23.8. The SMILES string of the molecule is COc1ccc(C)cc1CCNC(=O)CSCC(=O)Nc1ccc(Cl)cc1. The lowest BCUT2D eigenvalue weighted by Crippen LogP contribution is -2.28. The van der Waals surface area contributed by atoms with Crippen LogP contribution in [-0.4, -0.2) is 37.0 Å². The Kier molecular flexibility index (Phi) is 8.48. The Balaban J connectivity index is 1.65. The van der Waals surface area contributed by atoms with Gasteiger partial charge in [-0.3, -0.25) is 9.59 Å². The van der Waals surface area contributed by atoms with Crippen molar-refractivity contribution in [2.45, 2.75) is 13.3 Å². The van der Waals surface area contributed by atoms with Crippen LogP contribution in [0.15, 0.2) is 42.5 Å². The normalized spacial score (nSPS) is 10.3. The molecule has 0 heterocycles. The molecule has 0 atom stereocenters. The van der Waals surface area contributed by atoms with Gasteiger partial charge in [0.1, 0.15) is 5.75 Å². The van der Waals surface area contributed by atoms with Crippen LogP contribution in [0, 0.1) is 6.92 Å². The van der Waals surface area contributed by atoms with E-state index in [0.29, 0.717) is 23.7 Å². The van der Waals surface area contributed by atoms with Crippen LogP contribution in [0.25, 0.3) is 0 Å². The maximum absolute atomic E-state index is 11.9. The Morgan fingerprint density at radius 1 is 1.07 bits per heavy atom. The predicted octanol–water partition coefficient (Wildman–Crippen LogP) is 3.69. The molecule has 2 rings (SSSR count). The first kappa shape index (κ1) is 21.1. The number of aryl methyl sites for hydroxylation is 1. The lowest BCUT2D eigenvalue weighted by atomic mass is 10.1. The first-order valence-corrected chi connectivity index (χ1v) is 10.0. The fraction of sp³-hybridized carbons (Fsp3) is 0.300. The molecule has 2 aromatic carbocycles. The molecule has 0 radical (unpaired) electrons. The monoisotopic (exact) mass is 406 g/mol. The Labute approximate surface area is 168 Å². The van der Waals surface area contributed by atoms with Crippen LogP contribution < -0.4 is 15.4 Å². The Hall–Kier alpha value is -2.18. The average molecular weight is 407 g/mol. The molecule has 2 N–H and O–H groups in total. The molecule has 2 aromatic rings. The quantitative estimate of drug-likeness (QED) is 0.666. The van der Waals surface area contributed by atoms with Gasteiger partial charge in [-0.25, -0.2) is 0 Å². The van der Waals surface area contributed by atoms with Gasteiger partial charge >= 0.3 is 0 Å². The zero-order valence-electron chi connectivity index (χ0n) is 15.4. The van der Waals surface area contributed by atoms with Gasteiger partial charge in [-0.15, -0.1) is 11.8 Å². The molecule has 0 saturated carbocycles. The van der Waals surface area contributed by atoms with Crippen molar-refractivity contribution in [3.63, 3.8) is 0 Å². The van der Waals surface area contributed by atoms with E-state index < -0.39 is 0 Å². The number of thioether (sulfide) groups is 1. The molecule has 0 spiro atoms. The number of methoxy groups -OCH3 is 1. The minimum absolute atomic E-state index is 0.0917. The second kappa shape index (κ2) is 10.8. The summed E-state index contributed by atoms with van der Waals surface area (Å²) in [5.41, 5.74) is 2.90. The summed E-state index contributed by atoms with van der Waals surface area (Å²) in [6, 6.07) is 12.9. The minimum Gasteiger partial charge on any atom is -0.496 e. The smallest absolute Gasteiger partial charge is 0.234 e. The van der Waals surface area contributed by atoms with E-state index in [1.54, 1.807) is 31.4 Å². The molecule has 2 amide bonds. The first-order chi connectivity index (χ1) is 13.0. The number of halogens is 1. The van der Waals surface area contributed by atoms with Gasteiger partial charge in [0.25, 0.3) is 0 Å². The highest BCUT2D eigenvalue weighted by Gasteiger charge is 2.07. The summed E-state index contributed by atoms with van der Waals surface area (Å²) in [5.74, 6) is 1.02. The number of benzene rings is 2. The fourth-order valence-electron chi connectivity index (χ4n) is 2.46. The number of amides is 2. The summed E-state index contributed by atoms with van der Waals surface area (Å²) >= 11 is 7.08. The third-order valence-corrected chi connectivity index (χ3v) is 4.93. The number of anilines is 1. The van der Waals surface area contributed by atoms with Crippen LogP contribution >= 0.6 is 23.4 Å². The minimum atomic E-state index is -0.153. The van der Waals surface area contributed by atoms with Gasteiger partial charge in [-0.2, -0.15) is 0 Å².